The van der Waals surface area contributed by atoms with E-state index in [1.54, 1.807) is 11.8 Å². The predicted octanol–water partition coefficient (Wildman–Crippen LogP) is 4.39. The monoisotopic (exact) mass is 494 g/mol. The number of H-pyrrole nitrogens is 1. The molecule has 0 amide bonds. The number of nitrogens with zero attached hydrogens (tertiary/aromatic N) is 5. The largest absolute Gasteiger partial charge is 0.497 e. The summed E-state index contributed by atoms with van der Waals surface area (Å²) in [6, 6.07) is 24.2. The van der Waals surface area contributed by atoms with Crippen molar-refractivity contribution in [2.24, 2.45) is 0 Å². The van der Waals surface area contributed by atoms with Crippen LogP contribution in [-0.2, 0) is 26.2 Å². The van der Waals surface area contributed by atoms with Crippen LogP contribution < -0.4 is 10.3 Å². The van der Waals surface area contributed by atoms with Gasteiger partial charge in [-0.15, -0.1) is 5.10 Å². The van der Waals surface area contributed by atoms with Crippen molar-refractivity contribution in [2.75, 3.05) is 7.11 Å². The third-order valence-corrected chi connectivity index (χ3v) is 6.73. The molecule has 0 aliphatic carbocycles. The van der Waals surface area contributed by atoms with Crippen LogP contribution in [0, 0.1) is 13.8 Å². The number of methoxy groups -OCH3 is 1. The first-order valence-corrected chi connectivity index (χ1v) is 12.3. The number of hydrogen-bond donors (Lipinski definition) is 1. The van der Waals surface area contributed by atoms with Gasteiger partial charge >= 0.3 is 0 Å². The number of hydrogen-bond acceptors (Lipinski definition) is 6. The highest BCUT2D eigenvalue weighted by molar-refractivity contribution is 5.83. The second-order valence-electron chi connectivity index (χ2n) is 9.33. The van der Waals surface area contributed by atoms with E-state index >= 15 is 0 Å². The SMILES string of the molecule is COc1ccc(Cn2nnnc2CN(Cc2ccccc2)Cc2cc3ccc(C)c(C)c3[nH]c2=O)cc1. The maximum absolute atomic E-state index is 13.1. The van der Waals surface area contributed by atoms with Crippen molar-refractivity contribution in [1.29, 1.82) is 0 Å². The summed E-state index contributed by atoms with van der Waals surface area (Å²) in [6.45, 7) is 6.24. The quantitative estimate of drug-likeness (QED) is 0.327. The zero-order chi connectivity index (χ0) is 25.8. The molecule has 0 fully saturated rings. The van der Waals surface area contributed by atoms with Crippen LogP contribution in [0.5, 0.6) is 5.75 Å². The van der Waals surface area contributed by atoms with Gasteiger partial charge in [-0.05, 0) is 70.1 Å². The predicted molar refractivity (Wildman–Crippen MR) is 143 cm³/mol. The normalized spacial score (nSPS) is 11.4. The first-order valence-electron chi connectivity index (χ1n) is 12.3. The first kappa shape index (κ1) is 24.4. The summed E-state index contributed by atoms with van der Waals surface area (Å²) in [4.78, 5) is 18.4. The van der Waals surface area contributed by atoms with E-state index in [-0.39, 0.29) is 5.56 Å². The second kappa shape index (κ2) is 10.8. The minimum absolute atomic E-state index is 0.0721. The van der Waals surface area contributed by atoms with Gasteiger partial charge in [-0.25, -0.2) is 4.68 Å². The van der Waals surface area contributed by atoms with Gasteiger partial charge in [-0.2, -0.15) is 0 Å². The molecular formula is C29H30N6O2. The molecule has 3 aromatic carbocycles. The van der Waals surface area contributed by atoms with Gasteiger partial charge in [0.1, 0.15) is 5.75 Å². The zero-order valence-corrected chi connectivity index (χ0v) is 21.3. The number of tetrazole rings is 1. The van der Waals surface area contributed by atoms with Crippen LogP contribution in [0.15, 0.2) is 77.6 Å². The van der Waals surface area contributed by atoms with Crippen LogP contribution in [0.1, 0.15) is 33.6 Å². The molecule has 5 aromatic rings. The van der Waals surface area contributed by atoms with E-state index < -0.39 is 0 Å². The topological polar surface area (TPSA) is 88.9 Å². The van der Waals surface area contributed by atoms with Gasteiger partial charge in [-0.3, -0.25) is 9.69 Å². The Kier molecular flexibility index (Phi) is 7.09. The second-order valence-corrected chi connectivity index (χ2v) is 9.33. The van der Waals surface area contributed by atoms with Crippen LogP contribution in [-0.4, -0.2) is 37.2 Å². The summed E-state index contributed by atoms with van der Waals surface area (Å²) in [5, 5.41) is 13.5. The molecule has 8 nitrogen and oxygen atoms in total. The Balaban J connectivity index is 1.43. The molecule has 2 heterocycles. The summed E-state index contributed by atoms with van der Waals surface area (Å²) in [5.74, 6) is 1.54. The van der Waals surface area contributed by atoms with Gasteiger partial charge in [0.05, 0.1) is 25.7 Å². The van der Waals surface area contributed by atoms with E-state index in [1.165, 1.54) is 0 Å². The van der Waals surface area contributed by atoms with Gasteiger partial charge in [-0.1, -0.05) is 54.6 Å². The van der Waals surface area contributed by atoms with Crippen molar-refractivity contribution in [3.05, 3.63) is 117 Å². The molecule has 1 N–H and O–H groups in total. The number of aromatic amines is 1. The Hall–Kier alpha value is -4.30. The molecule has 0 saturated carbocycles. The summed E-state index contributed by atoms with van der Waals surface area (Å²) < 4.78 is 7.06. The van der Waals surface area contributed by atoms with Crippen LogP contribution >= 0.6 is 0 Å². The van der Waals surface area contributed by atoms with E-state index in [2.05, 4.69) is 56.6 Å². The summed E-state index contributed by atoms with van der Waals surface area (Å²) in [7, 11) is 1.65. The smallest absolute Gasteiger partial charge is 0.252 e. The Morgan fingerprint density at radius 3 is 2.46 bits per heavy atom. The van der Waals surface area contributed by atoms with Gasteiger partial charge in [0.2, 0.25) is 0 Å². The van der Waals surface area contributed by atoms with Crippen molar-refractivity contribution < 1.29 is 4.74 Å². The fourth-order valence-corrected chi connectivity index (χ4v) is 4.50. The molecule has 0 radical (unpaired) electrons. The minimum atomic E-state index is -0.0721. The lowest BCUT2D eigenvalue weighted by molar-refractivity contribution is 0.236. The molecule has 0 atom stereocenters. The highest BCUT2D eigenvalue weighted by Crippen LogP contribution is 2.20. The average molecular weight is 495 g/mol. The summed E-state index contributed by atoms with van der Waals surface area (Å²) in [5.41, 5.74) is 6.01. The van der Waals surface area contributed by atoms with Gasteiger partial charge in [0.25, 0.3) is 5.56 Å². The van der Waals surface area contributed by atoms with Crippen molar-refractivity contribution >= 4 is 10.9 Å². The molecule has 8 heteroatoms. The molecular weight excluding hydrogens is 464 g/mol. The lowest BCUT2D eigenvalue weighted by Gasteiger charge is -2.22. The number of aromatic nitrogens is 5. The van der Waals surface area contributed by atoms with E-state index in [1.807, 2.05) is 55.5 Å². The first-order chi connectivity index (χ1) is 18.0. The molecule has 2 aromatic heterocycles. The fourth-order valence-electron chi connectivity index (χ4n) is 4.50. The minimum Gasteiger partial charge on any atom is -0.497 e. The molecule has 0 spiro atoms. The molecule has 188 valence electrons. The molecule has 5 rings (SSSR count). The Labute approximate surface area is 215 Å². The van der Waals surface area contributed by atoms with Gasteiger partial charge in [0, 0.05) is 18.7 Å². The number of pyridine rings is 1. The molecule has 0 unspecified atom stereocenters. The Bertz CT molecular complexity index is 1560. The number of fused-ring (bicyclic) bond motifs is 1. The molecule has 0 bridgehead atoms. The van der Waals surface area contributed by atoms with Crippen molar-refractivity contribution in [2.45, 2.75) is 40.0 Å². The maximum atomic E-state index is 13.1. The van der Waals surface area contributed by atoms with Crippen molar-refractivity contribution in [3.8, 4) is 5.75 Å². The standard InChI is InChI=1S/C29H30N6O2/c1-20-9-12-24-15-25(29(36)30-28(24)21(20)2)18-34(16-22-7-5-4-6-8-22)19-27-31-32-33-35(27)17-23-10-13-26(37-3)14-11-23/h4-15H,16-19H2,1-3H3,(H,30,36). The van der Waals surface area contributed by atoms with Crippen LogP contribution in [0.25, 0.3) is 10.9 Å². The highest BCUT2D eigenvalue weighted by atomic mass is 16.5. The Morgan fingerprint density at radius 1 is 0.919 bits per heavy atom. The number of rotatable bonds is 9. The highest BCUT2D eigenvalue weighted by Gasteiger charge is 2.16. The number of ether oxygens (including phenoxy) is 1. The van der Waals surface area contributed by atoms with Crippen molar-refractivity contribution in [1.82, 2.24) is 30.1 Å². The van der Waals surface area contributed by atoms with Gasteiger partial charge < -0.3 is 9.72 Å². The molecule has 0 aliphatic rings. The average Bonchev–Trinajstić information content (AvgIpc) is 3.34. The molecule has 0 aliphatic heterocycles. The fraction of sp³-hybridized carbons (Fsp3) is 0.241. The maximum Gasteiger partial charge on any atom is 0.252 e. The molecule has 37 heavy (non-hydrogen) atoms. The number of nitrogens with one attached hydrogen (secondary N) is 1. The van der Waals surface area contributed by atoms with Crippen LogP contribution in [0.2, 0.25) is 0 Å². The van der Waals surface area contributed by atoms with Crippen LogP contribution in [0.4, 0.5) is 0 Å². The van der Waals surface area contributed by atoms with Crippen LogP contribution in [0.3, 0.4) is 0 Å². The molecule has 0 saturated heterocycles. The lowest BCUT2D eigenvalue weighted by atomic mass is 10.0. The number of aryl methyl sites for hydroxylation is 2. The number of benzene rings is 3. The zero-order valence-electron chi connectivity index (χ0n) is 21.3. The van der Waals surface area contributed by atoms with Crippen molar-refractivity contribution in [3.63, 3.8) is 0 Å². The van der Waals surface area contributed by atoms with E-state index in [4.69, 9.17) is 4.74 Å². The summed E-state index contributed by atoms with van der Waals surface area (Å²) >= 11 is 0. The lowest BCUT2D eigenvalue weighted by Crippen LogP contribution is -2.28. The summed E-state index contributed by atoms with van der Waals surface area (Å²) in [6.07, 6.45) is 0. The van der Waals surface area contributed by atoms with E-state index in [0.717, 1.165) is 44.7 Å². The van der Waals surface area contributed by atoms with E-state index in [0.29, 0.717) is 31.7 Å². The third kappa shape index (κ3) is 5.59. The third-order valence-electron chi connectivity index (χ3n) is 6.73. The Morgan fingerprint density at radius 2 is 1.70 bits per heavy atom. The van der Waals surface area contributed by atoms with Gasteiger partial charge in [0.15, 0.2) is 5.82 Å². The van der Waals surface area contributed by atoms with E-state index in [9.17, 15) is 4.79 Å².